The largest absolute Gasteiger partial charge is 0.435 e. The number of aromatic nitrogens is 4. The zero-order valence-corrected chi connectivity index (χ0v) is 17.0. The third kappa shape index (κ3) is 9.75. The number of imidazole rings is 2. The van der Waals surface area contributed by atoms with Crippen LogP contribution in [-0.2, 0) is 17.9 Å². The van der Waals surface area contributed by atoms with Crippen molar-refractivity contribution in [2.75, 3.05) is 19.6 Å². The molecule has 0 spiro atoms. The predicted molar refractivity (Wildman–Crippen MR) is 109 cm³/mol. The van der Waals surface area contributed by atoms with Gasteiger partial charge < -0.3 is 30.7 Å². The molecule has 0 aliphatic rings. The molecule has 0 bridgehead atoms. The summed E-state index contributed by atoms with van der Waals surface area (Å²) in [6.45, 7) is 0.307. The van der Waals surface area contributed by atoms with E-state index in [-0.39, 0.29) is 37.4 Å². The van der Waals surface area contributed by atoms with E-state index in [1.54, 1.807) is 0 Å². The smallest absolute Gasteiger partial charge is 0.390 e. The van der Waals surface area contributed by atoms with Crippen molar-refractivity contribution in [3.05, 3.63) is 65.9 Å². The number of amides is 1. The summed E-state index contributed by atoms with van der Waals surface area (Å²) < 4.78 is 2.32. The van der Waals surface area contributed by atoms with E-state index in [0.717, 1.165) is 4.57 Å². The molecular formula is C14H19N13O6. The first kappa shape index (κ1) is 26.3. The van der Waals surface area contributed by atoms with Gasteiger partial charge >= 0.3 is 11.9 Å². The molecule has 19 heteroatoms. The molecule has 0 fully saturated rings. The van der Waals surface area contributed by atoms with Gasteiger partial charge in [0.1, 0.15) is 24.8 Å². The summed E-state index contributed by atoms with van der Waals surface area (Å²) in [5.74, 6) is -1.09. The highest BCUT2D eigenvalue weighted by Gasteiger charge is 2.17. The van der Waals surface area contributed by atoms with Crippen LogP contribution in [0, 0.1) is 20.2 Å². The molecule has 1 atom stereocenters. The fourth-order valence-corrected chi connectivity index (χ4v) is 2.26. The number of aliphatic hydroxyl groups is 1. The van der Waals surface area contributed by atoms with Gasteiger partial charge in [-0.1, -0.05) is 20.2 Å². The highest BCUT2D eigenvalue weighted by atomic mass is 16.6. The number of azide groups is 2. The molecule has 0 saturated heterocycles. The highest BCUT2D eigenvalue weighted by molar-refractivity contribution is 5.75. The lowest BCUT2D eigenvalue weighted by Crippen LogP contribution is -2.28. The van der Waals surface area contributed by atoms with Crippen LogP contribution in [0.3, 0.4) is 0 Å². The second-order valence-corrected chi connectivity index (χ2v) is 5.97. The van der Waals surface area contributed by atoms with Gasteiger partial charge in [0.2, 0.25) is 0 Å². The second-order valence-electron chi connectivity index (χ2n) is 5.97. The fourth-order valence-electron chi connectivity index (χ4n) is 2.26. The number of nitrogens with one attached hydrogen (secondary N) is 1. The molecule has 2 aromatic heterocycles. The summed E-state index contributed by atoms with van der Waals surface area (Å²) in [4.78, 5) is 43.2. The van der Waals surface area contributed by atoms with Gasteiger partial charge in [0.05, 0.1) is 19.2 Å². The Balaban J connectivity index is 0.000000335. The molecule has 2 heterocycles. The topological polar surface area (TPSA) is 269 Å². The van der Waals surface area contributed by atoms with Crippen molar-refractivity contribution >= 4 is 17.8 Å². The fraction of sp³-hybridized carbons (Fsp3) is 0.500. The van der Waals surface area contributed by atoms with Gasteiger partial charge in [-0.15, -0.1) is 0 Å². The van der Waals surface area contributed by atoms with Crippen molar-refractivity contribution in [3.8, 4) is 0 Å². The van der Waals surface area contributed by atoms with Crippen molar-refractivity contribution in [3.63, 3.8) is 0 Å². The molecule has 176 valence electrons. The normalized spacial score (nSPS) is 10.6. The molecule has 1 amide bonds. The molecule has 0 saturated carbocycles. The first-order valence-electron chi connectivity index (χ1n) is 9.07. The first-order valence-corrected chi connectivity index (χ1v) is 9.07. The van der Waals surface area contributed by atoms with E-state index in [4.69, 9.17) is 11.1 Å². The summed E-state index contributed by atoms with van der Waals surface area (Å²) in [6.07, 6.45) is 4.80. The predicted octanol–water partition coefficient (Wildman–Crippen LogP) is 1.07. The SMILES string of the molecule is [N-]=[N+]=NCC(O)Cn1ccnc1[N+](=O)[O-].[N-]=[N+]=NCCCNC(=O)Cn1ccnc1[N+](=O)[O-]. The number of rotatable bonds is 12. The lowest BCUT2D eigenvalue weighted by atomic mass is 10.3. The van der Waals surface area contributed by atoms with Crippen LogP contribution in [0.15, 0.2) is 35.0 Å². The minimum Gasteiger partial charge on any atom is -0.390 e. The number of hydrogen-bond acceptors (Lipinski definition) is 10. The molecular weight excluding hydrogens is 446 g/mol. The Labute approximate surface area is 184 Å². The van der Waals surface area contributed by atoms with Gasteiger partial charge in [-0.2, -0.15) is 0 Å². The van der Waals surface area contributed by atoms with Crippen molar-refractivity contribution < 1.29 is 19.7 Å². The van der Waals surface area contributed by atoms with Gasteiger partial charge in [-0.3, -0.25) is 4.79 Å². The molecule has 1 unspecified atom stereocenters. The van der Waals surface area contributed by atoms with Crippen molar-refractivity contribution in [2.45, 2.75) is 25.6 Å². The minimum absolute atomic E-state index is 0.0324. The van der Waals surface area contributed by atoms with Crippen LogP contribution < -0.4 is 5.32 Å². The standard InChI is InChI=1S/C8H11N7O3.C6H8N6O3/c9-13-12-3-1-2-10-7(16)6-14-5-4-11-8(14)15(17)18;7-10-9-3-5(13)4-11-2-1-8-6(11)12(14)15/h4-5H,1-3,6H2,(H,10,16);1-2,5,13H,3-4H2. The lowest BCUT2D eigenvalue weighted by Gasteiger charge is -2.05. The summed E-state index contributed by atoms with van der Waals surface area (Å²) in [5.41, 5.74) is 16.0. The second kappa shape index (κ2) is 14.3. The molecule has 2 N–H and O–H groups in total. The lowest BCUT2D eigenvalue weighted by molar-refractivity contribution is -0.397. The van der Waals surface area contributed by atoms with Gasteiger partial charge in [0.25, 0.3) is 5.91 Å². The van der Waals surface area contributed by atoms with Crippen LogP contribution in [0.5, 0.6) is 0 Å². The minimum atomic E-state index is -0.964. The Morgan fingerprint density at radius 3 is 2.27 bits per heavy atom. The van der Waals surface area contributed by atoms with E-state index in [0.29, 0.717) is 19.5 Å². The van der Waals surface area contributed by atoms with E-state index in [9.17, 15) is 30.1 Å². The van der Waals surface area contributed by atoms with E-state index in [2.05, 4.69) is 35.3 Å². The van der Waals surface area contributed by atoms with Crippen LogP contribution in [0.4, 0.5) is 11.9 Å². The maximum absolute atomic E-state index is 11.4. The molecule has 0 aliphatic heterocycles. The molecule has 2 rings (SSSR count). The van der Waals surface area contributed by atoms with Gasteiger partial charge in [-0.25, -0.2) is 9.13 Å². The van der Waals surface area contributed by atoms with E-state index in [1.165, 1.54) is 29.4 Å². The molecule has 19 nitrogen and oxygen atoms in total. The Bertz CT molecular complexity index is 1040. The third-order valence-electron chi connectivity index (χ3n) is 3.61. The van der Waals surface area contributed by atoms with Gasteiger partial charge in [-0.05, 0) is 27.3 Å². The Hall–Kier alpha value is -4.73. The maximum atomic E-state index is 11.4. The third-order valence-corrected chi connectivity index (χ3v) is 3.61. The van der Waals surface area contributed by atoms with Crippen LogP contribution in [0.2, 0.25) is 0 Å². The summed E-state index contributed by atoms with van der Waals surface area (Å²) in [7, 11) is 0. The van der Waals surface area contributed by atoms with Crippen molar-refractivity contribution in [2.24, 2.45) is 10.2 Å². The monoisotopic (exact) mass is 465 g/mol. The van der Waals surface area contributed by atoms with E-state index >= 15 is 0 Å². The number of nitrogens with zero attached hydrogens (tertiary/aromatic N) is 12. The Morgan fingerprint density at radius 2 is 1.70 bits per heavy atom. The zero-order chi connectivity index (χ0) is 24.6. The van der Waals surface area contributed by atoms with Crippen LogP contribution in [0.1, 0.15) is 6.42 Å². The van der Waals surface area contributed by atoms with Gasteiger partial charge in [0, 0.05) is 22.9 Å². The summed E-state index contributed by atoms with van der Waals surface area (Å²) >= 11 is 0. The van der Waals surface area contributed by atoms with Crippen molar-refractivity contribution in [1.82, 2.24) is 24.4 Å². The van der Waals surface area contributed by atoms with Gasteiger partial charge in [0.15, 0.2) is 6.54 Å². The number of hydrogen-bond donors (Lipinski definition) is 2. The molecule has 0 aromatic carbocycles. The first-order chi connectivity index (χ1) is 15.8. The number of nitro groups is 2. The molecule has 2 aromatic rings. The molecule has 33 heavy (non-hydrogen) atoms. The van der Waals surface area contributed by atoms with Crippen molar-refractivity contribution in [1.29, 1.82) is 0 Å². The highest BCUT2D eigenvalue weighted by Crippen LogP contribution is 2.08. The van der Waals surface area contributed by atoms with Crippen LogP contribution in [0.25, 0.3) is 20.9 Å². The summed E-state index contributed by atoms with van der Waals surface area (Å²) in [6, 6.07) is 0. The summed E-state index contributed by atoms with van der Waals surface area (Å²) in [5, 5.41) is 39.3. The number of aliphatic hydroxyl groups excluding tert-OH is 1. The Kier molecular flexibility index (Phi) is 11.4. The number of carbonyl (C=O) groups excluding carboxylic acids is 1. The average Bonchev–Trinajstić information content (AvgIpc) is 3.42. The zero-order valence-electron chi connectivity index (χ0n) is 17.0. The maximum Gasteiger partial charge on any atom is 0.435 e. The molecule has 0 aliphatic carbocycles. The van der Waals surface area contributed by atoms with E-state index < -0.39 is 16.0 Å². The van der Waals surface area contributed by atoms with Crippen LogP contribution >= 0.6 is 0 Å². The quantitative estimate of drug-likeness (QED) is 0.114. The molecule has 0 radical (unpaired) electrons. The van der Waals surface area contributed by atoms with E-state index in [1.807, 2.05) is 0 Å². The van der Waals surface area contributed by atoms with Crippen LogP contribution in [-0.4, -0.2) is 65.7 Å². The number of carbonyl (C=O) groups is 1. The Morgan fingerprint density at radius 1 is 1.12 bits per heavy atom. The average molecular weight is 465 g/mol.